The number of nitrogens with one attached hydrogen (secondary N) is 2. The average molecular weight is 409 g/mol. The number of aryl methyl sites for hydroxylation is 3. The highest BCUT2D eigenvalue weighted by Crippen LogP contribution is 2.29. The molecule has 6 heteroatoms. The van der Waals surface area contributed by atoms with Crippen LogP contribution in [0.3, 0.4) is 0 Å². The molecule has 2 aromatic rings. The maximum absolute atomic E-state index is 12.4. The predicted octanol–water partition coefficient (Wildman–Crippen LogP) is 3.04. The monoisotopic (exact) mass is 408 g/mol. The summed E-state index contributed by atoms with van der Waals surface area (Å²) in [4.78, 5) is 29.0. The summed E-state index contributed by atoms with van der Waals surface area (Å²) in [6.07, 6.45) is 2.22. The zero-order valence-corrected chi connectivity index (χ0v) is 18.6. The Kier molecular flexibility index (Phi) is 6.77. The number of carbonyl (C=O) groups is 2. The molecule has 30 heavy (non-hydrogen) atoms. The van der Waals surface area contributed by atoms with Gasteiger partial charge in [-0.05, 0) is 81.2 Å². The fourth-order valence-corrected chi connectivity index (χ4v) is 3.89. The number of fused-ring (bicyclic) bond motifs is 1. The second-order valence-electron chi connectivity index (χ2n) is 8.36. The Morgan fingerprint density at radius 1 is 1.07 bits per heavy atom. The van der Waals surface area contributed by atoms with E-state index >= 15 is 0 Å². The molecule has 2 amide bonds. The number of rotatable bonds is 5. The Bertz CT molecular complexity index is 939. The molecule has 0 aliphatic carbocycles. The first-order valence-electron chi connectivity index (χ1n) is 10.4. The van der Waals surface area contributed by atoms with Crippen LogP contribution in [0.25, 0.3) is 0 Å². The van der Waals surface area contributed by atoms with Crippen LogP contribution in [0.5, 0.6) is 0 Å². The fourth-order valence-electron chi connectivity index (χ4n) is 3.89. The minimum atomic E-state index is -0.650. The topological polar surface area (TPSA) is 64.7 Å². The molecule has 0 aromatic heterocycles. The van der Waals surface area contributed by atoms with Gasteiger partial charge >= 0.3 is 11.8 Å². The summed E-state index contributed by atoms with van der Waals surface area (Å²) >= 11 is 0. The third-order valence-corrected chi connectivity index (χ3v) is 5.89. The summed E-state index contributed by atoms with van der Waals surface area (Å²) in [6.45, 7) is 5.42. The standard InChI is InChI=1S/C24H32N4O2/c1-16-8-10-20(13-17(16)2)26-24(30)23(29)25-15-22(27(3)4)19-9-11-21-18(14-19)7-6-12-28(21)5/h8-11,13-14,22H,6-7,12,15H2,1-5H3,(H,25,29)(H,26,30)/t22-/m1/s1. The van der Waals surface area contributed by atoms with E-state index in [0.29, 0.717) is 12.2 Å². The first-order valence-corrected chi connectivity index (χ1v) is 10.4. The lowest BCUT2D eigenvalue weighted by atomic mass is 9.96. The van der Waals surface area contributed by atoms with Crippen molar-refractivity contribution in [2.75, 3.05) is 44.4 Å². The zero-order chi connectivity index (χ0) is 21.8. The molecule has 1 aliphatic heterocycles. The second-order valence-corrected chi connectivity index (χ2v) is 8.36. The fraction of sp³-hybridized carbons (Fsp3) is 0.417. The summed E-state index contributed by atoms with van der Waals surface area (Å²) in [7, 11) is 6.09. The molecule has 1 atom stereocenters. The van der Waals surface area contributed by atoms with E-state index in [4.69, 9.17) is 0 Å². The summed E-state index contributed by atoms with van der Waals surface area (Å²) in [5.74, 6) is -1.28. The second kappa shape index (κ2) is 9.30. The van der Waals surface area contributed by atoms with E-state index in [0.717, 1.165) is 36.1 Å². The van der Waals surface area contributed by atoms with Gasteiger partial charge in [-0.2, -0.15) is 0 Å². The first kappa shape index (κ1) is 21.8. The van der Waals surface area contributed by atoms with Gasteiger partial charge in [0.25, 0.3) is 0 Å². The van der Waals surface area contributed by atoms with Crippen molar-refractivity contribution in [1.29, 1.82) is 0 Å². The molecule has 0 bridgehead atoms. The van der Waals surface area contributed by atoms with Crippen molar-refractivity contribution in [3.05, 3.63) is 58.7 Å². The lowest BCUT2D eigenvalue weighted by Crippen LogP contribution is -2.40. The van der Waals surface area contributed by atoms with Crippen LogP contribution in [0.1, 0.15) is 34.7 Å². The number of hydrogen-bond acceptors (Lipinski definition) is 4. The van der Waals surface area contributed by atoms with Crippen LogP contribution in [0.2, 0.25) is 0 Å². The van der Waals surface area contributed by atoms with Gasteiger partial charge in [-0.25, -0.2) is 0 Å². The maximum Gasteiger partial charge on any atom is 0.313 e. The van der Waals surface area contributed by atoms with Crippen LogP contribution in [0.4, 0.5) is 11.4 Å². The summed E-state index contributed by atoms with van der Waals surface area (Å²) in [5.41, 5.74) is 6.60. The summed E-state index contributed by atoms with van der Waals surface area (Å²) in [5, 5.41) is 5.47. The van der Waals surface area contributed by atoms with E-state index in [2.05, 4.69) is 45.7 Å². The van der Waals surface area contributed by atoms with Gasteiger partial charge in [0.05, 0.1) is 6.04 Å². The van der Waals surface area contributed by atoms with Crippen LogP contribution in [0, 0.1) is 13.8 Å². The van der Waals surface area contributed by atoms with Crippen LogP contribution in [-0.4, -0.2) is 50.9 Å². The highest BCUT2D eigenvalue weighted by molar-refractivity contribution is 6.39. The molecule has 0 saturated carbocycles. The number of nitrogens with zero attached hydrogens (tertiary/aromatic N) is 2. The van der Waals surface area contributed by atoms with Gasteiger partial charge < -0.3 is 20.4 Å². The SMILES string of the molecule is Cc1ccc(NC(=O)C(=O)NC[C@H](c2ccc3c(c2)CCCN3C)N(C)C)cc1C. The van der Waals surface area contributed by atoms with Gasteiger partial charge in [0.1, 0.15) is 0 Å². The van der Waals surface area contributed by atoms with E-state index in [1.54, 1.807) is 6.07 Å². The van der Waals surface area contributed by atoms with Gasteiger partial charge in [0, 0.05) is 31.5 Å². The minimum absolute atomic E-state index is 0.0131. The number of hydrogen-bond donors (Lipinski definition) is 2. The van der Waals surface area contributed by atoms with Crippen LogP contribution in [-0.2, 0) is 16.0 Å². The van der Waals surface area contributed by atoms with Crippen molar-refractivity contribution >= 4 is 23.2 Å². The van der Waals surface area contributed by atoms with Crippen molar-refractivity contribution in [2.45, 2.75) is 32.7 Å². The molecular weight excluding hydrogens is 376 g/mol. The molecule has 0 unspecified atom stereocenters. The van der Waals surface area contributed by atoms with E-state index < -0.39 is 11.8 Å². The Hall–Kier alpha value is -2.86. The lowest BCUT2D eigenvalue weighted by Gasteiger charge is -2.30. The molecule has 1 heterocycles. The molecule has 1 aliphatic rings. The van der Waals surface area contributed by atoms with Crippen molar-refractivity contribution in [3.8, 4) is 0 Å². The highest BCUT2D eigenvalue weighted by atomic mass is 16.2. The summed E-state index contributed by atoms with van der Waals surface area (Å²) in [6, 6.07) is 12.1. The average Bonchev–Trinajstić information content (AvgIpc) is 2.70. The van der Waals surface area contributed by atoms with Crippen LogP contribution < -0.4 is 15.5 Å². The molecule has 6 nitrogen and oxygen atoms in total. The molecule has 0 fully saturated rings. The normalized spacial score (nSPS) is 14.3. The number of anilines is 2. The Morgan fingerprint density at radius 2 is 1.83 bits per heavy atom. The van der Waals surface area contributed by atoms with Crippen molar-refractivity contribution in [2.24, 2.45) is 0 Å². The van der Waals surface area contributed by atoms with Gasteiger partial charge in [-0.15, -0.1) is 0 Å². The largest absolute Gasteiger partial charge is 0.374 e. The van der Waals surface area contributed by atoms with E-state index in [1.165, 1.54) is 11.3 Å². The molecule has 160 valence electrons. The zero-order valence-electron chi connectivity index (χ0n) is 18.6. The molecular formula is C24H32N4O2. The summed E-state index contributed by atoms with van der Waals surface area (Å²) < 4.78 is 0. The molecule has 0 saturated heterocycles. The van der Waals surface area contributed by atoms with Crippen LogP contribution in [0.15, 0.2) is 36.4 Å². The Labute approximate surface area is 179 Å². The van der Waals surface area contributed by atoms with E-state index in [9.17, 15) is 9.59 Å². The molecule has 2 N–H and O–H groups in total. The van der Waals surface area contributed by atoms with E-state index in [-0.39, 0.29) is 6.04 Å². The third kappa shape index (κ3) is 5.00. The van der Waals surface area contributed by atoms with Gasteiger partial charge in [-0.1, -0.05) is 18.2 Å². The molecule has 3 rings (SSSR count). The molecule has 0 spiro atoms. The first-order chi connectivity index (χ1) is 14.3. The van der Waals surface area contributed by atoms with Crippen molar-refractivity contribution in [3.63, 3.8) is 0 Å². The van der Waals surface area contributed by atoms with Crippen molar-refractivity contribution < 1.29 is 9.59 Å². The Morgan fingerprint density at radius 3 is 2.53 bits per heavy atom. The number of likely N-dealkylation sites (N-methyl/N-ethyl adjacent to an activating group) is 1. The van der Waals surface area contributed by atoms with Gasteiger partial charge in [0.15, 0.2) is 0 Å². The maximum atomic E-state index is 12.4. The van der Waals surface area contributed by atoms with Crippen LogP contribution >= 0.6 is 0 Å². The van der Waals surface area contributed by atoms with E-state index in [1.807, 2.05) is 40.1 Å². The quantitative estimate of drug-likeness (QED) is 0.747. The lowest BCUT2D eigenvalue weighted by molar-refractivity contribution is -0.136. The number of carbonyl (C=O) groups excluding carboxylic acids is 2. The number of amides is 2. The third-order valence-electron chi connectivity index (χ3n) is 5.89. The minimum Gasteiger partial charge on any atom is -0.374 e. The van der Waals surface area contributed by atoms with Crippen molar-refractivity contribution in [1.82, 2.24) is 10.2 Å². The number of benzene rings is 2. The molecule has 2 aromatic carbocycles. The van der Waals surface area contributed by atoms with Gasteiger partial charge in [-0.3, -0.25) is 9.59 Å². The Balaban J connectivity index is 1.65. The highest BCUT2D eigenvalue weighted by Gasteiger charge is 2.21. The smallest absolute Gasteiger partial charge is 0.313 e. The predicted molar refractivity (Wildman–Crippen MR) is 122 cm³/mol. The molecule has 0 radical (unpaired) electrons. The van der Waals surface area contributed by atoms with Gasteiger partial charge in [0.2, 0.25) is 0 Å².